The Bertz CT molecular complexity index is 553. The molecule has 2 rings (SSSR count). The molecule has 1 unspecified atom stereocenters. The average Bonchev–Trinajstić information content (AvgIpc) is 3.08. The van der Waals surface area contributed by atoms with Crippen molar-refractivity contribution < 1.29 is 13.5 Å². The Balaban J connectivity index is 1.90. The van der Waals surface area contributed by atoms with Crippen LogP contribution in [0.25, 0.3) is 0 Å². The Kier molecular flexibility index (Phi) is 8.16. The summed E-state index contributed by atoms with van der Waals surface area (Å²) in [4.78, 5) is 4.81. The summed E-state index contributed by atoms with van der Waals surface area (Å²) in [6.07, 6.45) is 9.00. The minimum Gasteiger partial charge on any atom is -0.396 e. The van der Waals surface area contributed by atoms with E-state index in [-0.39, 0.29) is 12.0 Å². The van der Waals surface area contributed by atoms with E-state index in [1.165, 1.54) is 25.5 Å². The zero-order chi connectivity index (χ0) is 19.0. The van der Waals surface area contributed by atoms with Gasteiger partial charge in [-0.3, -0.25) is 4.99 Å². The maximum absolute atomic E-state index is 11.6. The maximum Gasteiger partial charge on any atom is 0.211 e. The smallest absolute Gasteiger partial charge is 0.211 e. The Morgan fingerprint density at radius 1 is 1.27 bits per heavy atom. The molecule has 1 heterocycles. The van der Waals surface area contributed by atoms with Crippen LogP contribution in [0, 0.1) is 11.3 Å². The number of nitrogens with zero attached hydrogens (tertiary/aromatic N) is 2. The van der Waals surface area contributed by atoms with Crippen LogP contribution in [0.15, 0.2) is 4.99 Å². The van der Waals surface area contributed by atoms with Gasteiger partial charge in [0, 0.05) is 39.3 Å². The SMILES string of the molecule is CCNC(=NCC1(CCO)CCCCC1)NCC1CCN(S(C)(=O)=O)C1. The molecule has 1 atom stereocenters. The Morgan fingerprint density at radius 3 is 2.58 bits per heavy atom. The molecule has 2 fully saturated rings. The first-order valence-corrected chi connectivity index (χ1v) is 11.8. The van der Waals surface area contributed by atoms with Crippen LogP contribution in [0.2, 0.25) is 0 Å². The number of nitrogens with one attached hydrogen (secondary N) is 2. The molecular formula is C18H36N4O3S. The fraction of sp³-hybridized carbons (Fsp3) is 0.944. The lowest BCUT2D eigenvalue weighted by Crippen LogP contribution is -2.41. The second-order valence-corrected chi connectivity index (χ2v) is 9.87. The number of aliphatic imine (C=N–C) groups is 1. The van der Waals surface area contributed by atoms with Gasteiger partial charge in [-0.25, -0.2) is 12.7 Å². The van der Waals surface area contributed by atoms with Crippen molar-refractivity contribution in [2.75, 3.05) is 45.6 Å². The van der Waals surface area contributed by atoms with Gasteiger partial charge in [-0.05, 0) is 43.9 Å². The van der Waals surface area contributed by atoms with E-state index in [2.05, 4.69) is 10.6 Å². The quantitative estimate of drug-likeness (QED) is 0.428. The summed E-state index contributed by atoms with van der Waals surface area (Å²) in [5.41, 5.74) is 0.135. The van der Waals surface area contributed by atoms with Crippen LogP contribution in [0.1, 0.15) is 51.9 Å². The van der Waals surface area contributed by atoms with Gasteiger partial charge in [-0.1, -0.05) is 19.3 Å². The van der Waals surface area contributed by atoms with Gasteiger partial charge in [0.25, 0.3) is 0 Å². The van der Waals surface area contributed by atoms with Gasteiger partial charge in [-0.2, -0.15) is 0 Å². The molecule has 8 heteroatoms. The van der Waals surface area contributed by atoms with E-state index in [9.17, 15) is 13.5 Å². The number of rotatable bonds is 8. The summed E-state index contributed by atoms with van der Waals surface area (Å²) in [6.45, 7) is 5.72. The largest absolute Gasteiger partial charge is 0.396 e. The molecule has 0 aromatic carbocycles. The molecule has 2 aliphatic rings. The summed E-state index contributed by atoms with van der Waals surface area (Å²) in [7, 11) is -3.09. The van der Waals surface area contributed by atoms with Gasteiger partial charge in [0.15, 0.2) is 5.96 Å². The van der Waals surface area contributed by atoms with E-state index in [0.29, 0.717) is 19.0 Å². The molecule has 0 amide bonds. The van der Waals surface area contributed by atoms with Crippen molar-refractivity contribution in [3.8, 4) is 0 Å². The minimum atomic E-state index is -3.09. The molecular weight excluding hydrogens is 352 g/mol. The van der Waals surface area contributed by atoms with Crippen LogP contribution in [0.3, 0.4) is 0 Å². The average molecular weight is 389 g/mol. The zero-order valence-electron chi connectivity index (χ0n) is 16.3. The van der Waals surface area contributed by atoms with Crippen LogP contribution in [-0.4, -0.2) is 69.4 Å². The number of sulfonamides is 1. The number of guanidine groups is 1. The van der Waals surface area contributed by atoms with E-state index >= 15 is 0 Å². The van der Waals surface area contributed by atoms with Gasteiger partial charge in [0.1, 0.15) is 0 Å². The molecule has 7 nitrogen and oxygen atoms in total. The first-order chi connectivity index (χ1) is 12.4. The van der Waals surface area contributed by atoms with Crippen LogP contribution < -0.4 is 10.6 Å². The number of hydrogen-bond acceptors (Lipinski definition) is 4. The highest BCUT2D eigenvalue weighted by Crippen LogP contribution is 2.39. The van der Waals surface area contributed by atoms with Gasteiger partial charge < -0.3 is 15.7 Å². The molecule has 26 heavy (non-hydrogen) atoms. The van der Waals surface area contributed by atoms with Crippen molar-refractivity contribution in [3.63, 3.8) is 0 Å². The van der Waals surface area contributed by atoms with E-state index in [4.69, 9.17) is 4.99 Å². The zero-order valence-corrected chi connectivity index (χ0v) is 17.2. The predicted octanol–water partition coefficient (Wildman–Crippen LogP) is 1.16. The summed E-state index contributed by atoms with van der Waals surface area (Å²) in [5, 5.41) is 16.1. The Morgan fingerprint density at radius 2 is 2.00 bits per heavy atom. The molecule has 0 aromatic heterocycles. The molecule has 0 aromatic rings. The van der Waals surface area contributed by atoms with Crippen molar-refractivity contribution in [2.24, 2.45) is 16.3 Å². The Hall–Kier alpha value is -0.860. The van der Waals surface area contributed by atoms with E-state index in [1.54, 1.807) is 4.31 Å². The van der Waals surface area contributed by atoms with Crippen LogP contribution >= 0.6 is 0 Å². The molecule has 152 valence electrons. The highest BCUT2D eigenvalue weighted by molar-refractivity contribution is 7.88. The Labute approximate surface area is 158 Å². The lowest BCUT2D eigenvalue weighted by atomic mass is 9.72. The van der Waals surface area contributed by atoms with Crippen LogP contribution in [0.5, 0.6) is 0 Å². The molecule has 1 saturated heterocycles. The van der Waals surface area contributed by atoms with Crippen molar-refractivity contribution in [1.82, 2.24) is 14.9 Å². The lowest BCUT2D eigenvalue weighted by Gasteiger charge is -2.35. The van der Waals surface area contributed by atoms with Gasteiger partial charge in [-0.15, -0.1) is 0 Å². The van der Waals surface area contributed by atoms with Crippen LogP contribution in [0.4, 0.5) is 0 Å². The van der Waals surface area contributed by atoms with Crippen molar-refractivity contribution in [2.45, 2.75) is 51.9 Å². The van der Waals surface area contributed by atoms with Crippen molar-refractivity contribution in [1.29, 1.82) is 0 Å². The monoisotopic (exact) mass is 388 g/mol. The predicted molar refractivity (Wildman–Crippen MR) is 106 cm³/mol. The topological polar surface area (TPSA) is 94.0 Å². The molecule has 0 bridgehead atoms. The fourth-order valence-corrected chi connectivity index (χ4v) is 5.04. The number of aliphatic hydroxyl groups is 1. The summed E-state index contributed by atoms with van der Waals surface area (Å²) in [6, 6.07) is 0. The normalized spacial score (nSPS) is 24.6. The second-order valence-electron chi connectivity index (χ2n) is 7.89. The third-order valence-electron chi connectivity index (χ3n) is 5.75. The van der Waals surface area contributed by atoms with Gasteiger partial charge >= 0.3 is 0 Å². The molecule has 0 radical (unpaired) electrons. The molecule has 1 aliphatic heterocycles. The highest BCUT2D eigenvalue weighted by atomic mass is 32.2. The standard InChI is InChI=1S/C18H36N4O3S/c1-3-19-17(20-13-16-7-11-22(14-16)26(2,24)25)21-15-18(10-12-23)8-5-4-6-9-18/h16,23H,3-15H2,1-2H3,(H2,19,20,21). The molecule has 3 N–H and O–H groups in total. The minimum absolute atomic E-state index is 0.135. The van der Waals surface area contributed by atoms with Crippen molar-refractivity contribution in [3.05, 3.63) is 0 Å². The first kappa shape index (κ1) is 21.4. The van der Waals surface area contributed by atoms with E-state index < -0.39 is 10.0 Å². The molecule has 1 aliphatic carbocycles. The summed E-state index contributed by atoms with van der Waals surface area (Å²) >= 11 is 0. The first-order valence-electron chi connectivity index (χ1n) is 9.97. The van der Waals surface area contributed by atoms with Crippen LogP contribution in [-0.2, 0) is 10.0 Å². The van der Waals surface area contributed by atoms with Crippen molar-refractivity contribution >= 4 is 16.0 Å². The second kappa shape index (κ2) is 9.90. The molecule has 1 saturated carbocycles. The lowest BCUT2D eigenvalue weighted by molar-refractivity contribution is 0.137. The van der Waals surface area contributed by atoms with Gasteiger partial charge in [0.05, 0.1) is 6.26 Å². The van der Waals surface area contributed by atoms with Gasteiger partial charge in [0.2, 0.25) is 10.0 Å². The number of hydrogen-bond donors (Lipinski definition) is 3. The molecule has 0 spiro atoms. The number of aliphatic hydroxyl groups excluding tert-OH is 1. The fourth-order valence-electron chi connectivity index (χ4n) is 4.12. The maximum atomic E-state index is 11.6. The van der Waals surface area contributed by atoms with E-state index in [0.717, 1.165) is 51.3 Å². The van der Waals surface area contributed by atoms with E-state index in [1.807, 2.05) is 6.92 Å². The third kappa shape index (κ3) is 6.39. The summed E-state index contributed by atoms with van der Waals surface area (Å²) < 4.78 is 24.8. The summed E-state index contributed by atoms with van der Waals surface area (Å²) in [5.74, 6) is 1.11. The highest BCUT2D eigenvalue weighted by Gasteiger charge is 2.32. The third-order valence-corrected chi connectivity index (χ3v) is 7.02.